The third-order valence-corrected chi connectivity index (χ3v) is 4.62. The molecule has 1 aromatic heterocycles. The van der Waals surface area contributed by atoms with Gasteiger partial charge >= 0.3 is 5.97 Å². The van der Waals surface area contributed by atoms with Crippen molar-refractivity contribution in [3.8, 4) is 5.75 Å². The zero-order valence-corrected chi connectivity index (χ0v) is 14.4. The molecule has 1 atom stereocenters. The van der Waals surface area contributed by atoms with Crippen LogP contribution >= 0.6 is 23.1 Å². The Labute approximate surface area is 145 Å². The SMILES string of the molecule is COC(=O)CSc1nnc(NC(=O)[C@H](C)Oc2ccc(F)cc2)s1. The normalized spacial score (nSPS) is 11.6. The molecular weight excluding hydrogens is 357 g/mol. The van der Waals surface area contributed by atoms with E-state index in [1.807, 2.05) is 0 Å². The molecule has 0 fully saturated rings. The van der Waals surface area contributed by atoms with Gasteiger partial charge in [-0.3, -0.25) is 14.9 Å². The van der Waals surface area contributed by atoms with Gasteiger partial charge in [0.2, 0.25) is 5.13 Å². The lowest BCUT2D eigenvalue weighted by Gasteiger charge is -2.13. The summed E-state index contributed by atoms with van der Waals surface area (Å²) in [6, 6.07) is 5.36. The van der Waals surface area contributed by atoms with Crippen molar-refractivity contribution >= 4 is 40.1 Å². The number of carbonyl (C=O) groups is 2. The standard InChI is InChI=1S/C14H14FN3O4S2/c1-8(22-10-5-3-9(15)4-6-10)12(20)16-13-17-18-14(24-13)23-7-11(19)21-2/h3-6,8H,7H2,1-2H3,(H,16,17,20)/t8-/m0/s1. The summed E-state index contributed by atoms with van der Waals surface area (Å²) in [6.45, 7) is 1.56. The third kappa shape index (κ3) is 5.46. The predicted octanol–water partition coefficient (Wildman–Crippen LogP) is 2.35. The van der Waals surface area contributed by atoms with Crippen molar-refractivity contribution in [1.82, 2.24) is 10.2 Å². The molecule has 1 aromatic carbocycles. The van der Waals surface area contributed by atoms with Crippen molar-refractivity contribution in [2.45, 2.75) is 17.4 Å². The van der Waals surface area contributed by atoms with E-state index >= 15 is 0 Å². The minimum absolute atomic E-state index is 0.114. The lowest BCUT2D eigenvalue weighted by Crippen LogP contribution is -2.30. The van der Waals surface area contributed by atoms with Crippen LogP contribution in [0.3, 0.4) is 0 Å². The molecule has 24 heavy (non-hydrogen) atoms. The number of anilines is 1. The van der Waals surface area contributed by atoms with Crippen LogP contribution in [0.5, 0.6) is 5.75 Å². The molecule has 0 bridgehead atoms. The van der Waals surface area contributed by atoms with Crippen molar-refractivity contribution in [1.29, 1.82) is 0 Å². The second kappa shape index (κ2) is 8.60. The van der Waals surface area contributed by atoms with E-state index in [9.17, 15) is 14.0 Å². The van der Waals surface area contributed by atoms with Crippen LogP contribution in [-0.4, -0.2) is 41.0 Å². The largest absolute Gasteiger partial charge is 0.481 e. The van der Waals surface area contributed by atoms with Crippen LogP contribution in [-0.2, 0) is 14.3 Å². The predicted molar refractivity (Wildman–Crippen MR) is 87.8 cm³/mol. The fourth-order valence-corrected chi connectivity index (χ4v) is 3.06. The van der Waals surface area contributed by atoms with Crippen molar-refractivity contribution in [3.05, 3.63) is 30.1 Å². The number of hydrogen-bond donors (Lipinski definition) is 1. The summed E-state index contributed by atoms with van der Waals surface area (Å²) < 4.78 is 23.3. The first-order valence-electron chi connectivity index (χ1n) is 6.74. The van der Waals surface area contributed by atoms with E-state index in [0.29, 0.717) is 15.2 Å². The van der Waals surface area contributed by atoms with Crippen molar-refractivity contribution in [2.75, 3.05) is 18.2 Å². The number of hydrogen-bond acceptors (Lipinski definition) is 8. The fraction of sp³-hybridized carbons (Fsp3) is 0.286. The molecule has 10 heteroatoms. The molecule has 128 valence electrons. The molecule has 7 nitrogen and oxygen atoms in total. The van der Waals surface area contributed by atoms with Crippen LogP contribution in [0.1, 0.15) is 6.92 Å². The van der Waals surface area contributed by atoms with Crippen molar-refractivity contribution in [3.63, 3.8) is 0 Å². The summed E-state index contributed by atoms with van der Waals surface area (Å²) in [4.78, 5) is 23.1. The minimum Gasteiger partial charge on any atom is -0.481 e. The zero-order chi connectivity index (χ0) is 17.5. The van der Waals surface area contributed by atoms with E-state index in [1.165, 1.54) is 43.1 Å². The van der Waals surface area contributed by atoms with Crippen LogP contribution in [0, 0.1) is 5.82 Å². The van der Waals surface area contributed by atoms with Crippen molar-refractivity contribution < 1.29 is 23.5 Å². The van der Waals surface area contributed by atoms with E-state index in [4.69, 9.17) is 4.74 Å². The van der Waals surface area contributed by atoms with Gasteiger partial charge in [-0.2, -0.15) is 0 Å². The van der Waals surface area contributed by atoms with E-state index in [-0.39, 0.29) is 17.5 Å². The number of benzene rings is 1. The second-order valence-corrected chi connectivity index (χ2v) is 6.64. The Morgan fingerprint density at radius 1 is 1.33 bits per heavy atom. The van der Waals surface area contributed by atoms with Gasteiger partial charge in [-0.1, -0.05) is 23.1 Å². The van der Waals surface area contributed by atoms with E-state index in [1.54, 1.807) is 6.92 Å². The molecule has 0 saturated carbocycles. The quantitative estimate of drug-likeness (QED) is 0.454. The second-order valence-electron chi connectivity index (χ2n) is 4.44. The molecule has 0 saturated heterocycles. The molecule has 0 spiro atoms. The maximum atomic E-state index is 12.8. The first kappa shape index (κ1) is 18.1. The van der Waals surface area contributed by atoms with Crippen LogP contribution in [0.2, 0.25) is 0 Å². The number of nitrogens with zero attached hydrogens (tertiary/aromatic N) is 2. The highest BCUT2D eigenvalue weighted by atomic mass is 32.2. The first-order chi connectivity index (χ1) is 11.5. The van der Waals surface area contributed by atoms with Gasteiger partial charge in [-0.25, -0.2) is 4.39 Å². The van der Waals surface area contributed by atoms with Gasteiger partial charge in [0.1, 0.15) is 11.6 Å². The monoisotopic (exact) mass is 371 g/mol. The number of nitrogens with one attached hydrogen (secondary N) is 1. The van der Waals surface area contributed by atoms with Crippen LogP contribution in [0.25, 0.3) is 0 Å². The van der Waals surface area contributed by atoms with Gasteiger partial charge in [0.15, 0.2) is 10.4 Å². The average Bonchev–Trinajstić information content (AvgIpc) is 3.02. The van der Waals surface area contributed by atoms with Crippen LogP contribution in [0.15, 0.2) is 28.6 Å². The topological polar surface area (TPSA) is 90.4 Å². The lowest BCUT2D eigenvalue weighted by molar-refractivity contribution is -0.137. The Balaban J connectivity index is 1.86. The first-order valence-corrected chi connectivity index (χ1v) is 8.54. The maximum absolute atomic E-state index is 12.8. The number of esters is 1. The Bertz CT molecular complexity index is 708. The molecule has 1 amide bonds. The number of thioether (sulfide) groups is 1. The minimum atomic E-state index is -0.800. The Morgan fingerprint density at radius 2 is 2.04 bits per heavy atom. The number of carbonyl (C=O) groups excluding carboxylic acids is 2. The maximum Gasteiger partial charge on any atom is 0.316 e. The van der Waals surface area contributed by atoms with Crippen LogP contribution in [0.4, 0.5) is 9.52 Å². The Morgan fingerprint density at radius 3 is 2.71 bits per heavy atom. The summed E-state index contributed by atoms with van der Waals surface area (Å²) >= 11 is 2.30. The molecule has 0 radical (unpaired) electrons. The molecule has 0 aliphatic carbocycles. The van der Waals surface area contributed by atoms with Crippen LogP contribution < -0.4 is 10.1 Å². The fourth-order valence-electron chi connectivity index (χ4n) is 1.48. The number of amides is 1. The number of aromatic nitrogens is 2. The summed E-state index contributed by atoms with van der Waals surface area (Å²) in [6.07, 6.45) is -0.800. The summed E-state index contributed by atoms with van der Waals surface area (Å²) in [5.74, 6) is -0.679. The highest BCUT2D eigenvalue weighted by Gasteiger charge is 2.17. The third-order valence-electron chi connectivity index (χ3n) is 2.67. The molecular formula is C14H14FN3O4S2. The highest BCUT2D eigenvalue weighted by Crippen LogP contribution is 2.25. The lowest BCUT2D eigenvalue weighted by atomic mass is 10.3. The van der Waals surface area contributed by atoms with Crippen molar-refractivity contribution in [2.24, 2.45) is 0 Å². The summed E-state index contributed by atoms with van der Waals surface area (Å²) in [5, 5.41) is 10.5. The number of ether oxygens (including phenoxy) is 2. The van der Waals surface area contributed by atoms with Gasteiger partial charge in [0.25, 0.3) is 5.91 Å². The number of methoxy groups -OCH3 is 1. The highest BCUT2D eigenvalue weighted by molar-refractivity contribution is 8.01. The van der Waals surface area contributed by atoms with Gasteiger partial charge < -0.3 is 9.47 Å². The zero-order valence-electron chi connectivity index (χ0n) is 12.8. The van der Waals surface area contributed by atoms with Gasteiger partial charge in [-0.05, 0) is 31.2 Å². The average molecular weight is 371 g/mol. The van der Waals surface area contributed by atoms with Gasteiger partial charge in [0, 0.05) is 0 Å². The number of rotatable bonds is 7. The molecule has 0 unspecified atom stereocenters. The molecule has 2 aromatic rings. The van der Waals surface area contributed by atoms with Gasteiger partial charge in [0.05, 0.1) is 12.9 Å². The molecule has 0 aliphatic rings. The Kier molecular flexibility index (Phi) is 6.50. The molecule has 1 N–H and O–H groups in total. The molecule has 1 heterocycles. The van der Waals surface area contributed by atoms with E-state index in [2.05, 4.69) is 20.3 Å². The number of halogens is 1. The van der Waals surface area contributed by atoms with E-state index in [0.717, 1.165) is 11.3 Å². The summed E-state index contributed by atoms with van der Waals surface area (Å²) in [5.41, 5.74) is 0. The smallest absolute Gasteiger partial charge is 0.316 e. The van der Waals surface area contributed by atoms with Gasteiger partial charge in [-0.15, -0.1) is 10.2 Å². The summed E-state index contributed by atoms with van der Waals surface area (Å²) in [7, 11) is 1.30. The molecule has 2 rings (SSSR count). The van der Waals surface area contributed by atoms with E-state index < -0.39 is 12.0 Å². The molecule has 0 aliphatic heterocycles. The Hall–Kier alpha value is -2.20.